The summed E-state index contributed by atoms with van der Waals surface area (Å²) < 4.78 is 2.22. The van der Waals surface area contributed by atoms with E-state index >= 15 is 0 Å². The fourth-order valence-electron chi connectivity index (χ4n) is 5.23. The van der Waals surface area contributed by atoms with Gasteiger partial charge in [0, 0.05) is 83.5 Å². The summed E-state index contributed by atoms with van der Waals surface area (Å²) in [7, 11) is 0. The number of aromatic amines is 1. The Morgan fingerprint density at radius 1 is 1.11 bits per heavy atom. The van der Waals surface area contributed by atoms with Crippen molar-refractivity contribution < 1.29 is 4.79 Å². The van der Waals surface area contributed by atoms with Crippen LogP contribution in [0.2, 0.25) is 0 Å². The quantitative estimate of drug-likeness (QED) is 0.390. The van der Waals surface area contributed by atoms with Gasteiger partial charge in [0.1, 0.15) is 0 Å². The number of benzene rings is 1. The van der Waals surface area contributed by atoms with Crippen LogP contribution in [0.5, 0.6) is 0 Å². The average Bonchev–Trinajstić information content (AvgIpc) is 3.19. The number of H-pyrrole nitrogens is 1. The number of carbonyl (C=O) groups excluding carboxylic acids is 1. The Bertz CT molecular complexity index is 1540. The van der Waals surface area contributed by atoms with Crippen molar-refractivity contribution in [1.29, 1.82) is 0 Å². The van der Waals surface area contributed by atoms with Crippen LogP contribution in [0.25, 0.3) is 22.0 Å². The largest absolute Gasteiger partial charge is 0.348 e. The number of hydrogen-bond donors (Lipinski definition) is 3. The molecule has 0 radical (unpaired) electrons. The zero-order chi connectivity index (χ0) is 25.6. The van der Waals surface area contributed by atoms with Gasteiger partial charge >= 0.3 is 0 Å². The number of rotatable bonds is 5. The summed E-state index contributed by atoms with van der Waals surface area (Å²) in [5, 5.41) is 7.36. The molecular formula is C29H33N5O2. The molecule has 5 rings (SSSR count). The molecule has 3 aromatic heterocycles. The number of hydrogen-bond acceptors (Lipinski definition) is 4. The maximum Gasteiger partial charge on any atom is 0.253 e. The Hall–Kier alpha value is -3.71. The van der Waals surface area contributed by atoms with Crippen molar-refractivity contribution in [2.45, 2.75) is 60.2 Å². The number of nitrogens with one attached hydrogen (secondary N) is 3. The van der Waals surface area contributed by atoms with Crippen molar-refractivity contribution in [1.82, 2.24) is 25.2 Å². The van der Waals surface area contributed by atoms with E-state index in [0.717, 1.165) is 64.1 Å². The highest BCUT2D eigenvalue weighted by atomic mass is 16.1. The summed E-state index contributed by atoms with van der Waals surface area (Å²) in [5.74, 6) is -0.196. The topological polar surface area (TPSA) is 91.8 Å². The van der Waals surface area contributed by atoms with Crippen LogP contribution < -0.4 is 16.2 Å². The molecule has 0 bridgehead atoms. The first-order chi connectivity index (χ1) is 17.2. The first-order valence-corrected chi connectivity index (χ1v) is 12.5. The van der Waals surface area contributed by atoms with Gasteiger partial charge in [0.25, 0.3) is 11.5 Å². The smallest absolute Gasteiger partial charge is 0.253 e. The van der Waals surface area contributed by atoms with E-state index in [0.29, 0.717) is 11.1 Å². The molecule has 1 aliphatic heterocycles. The predicted molar refractivity (Wildman–Crippen MR) is 143 cm³/mol. The van der Waals surface area contributed by atoms with E-state index < -0.39 is 0 Å². The van der Waals surface area contributed by atoms with Crippen molar-refractivity contribution in [3.8, 4) is 11.1 Å². The molecule has 0 spiro atoms. The summed E-state index contributed by atoms with van der Waals surface area (Å²) in [6.45, 7) is 12.0. The Morgan fingerprint density at radius 3 is 2.67 bits per heavy atom. The van der Waals surface area contributed by atoms with E-state index in [9.17, 15) is 9.59 Å². The van der Waals surface area contributed by atoms with Gasteiger partial charge in [-0.05, 0) is 81.1 Å². The van der Waals surface area contributed by atoms with Gasteiger partial charge in [-0.1, -0.05) is 0 Å². The minimum Gasteiger partial charge on any atom is -0.348 e. The van der Waals surface area contributed by atoms with Crippen LogP contribution in [0.3, 0.4) is 0 Å². The number of nitrogens with zero attached hydrogens (tertiary/aromatic N) is 2. The first kappa shape index (κ1) is 24.0. The molecule has 1 aromatic carbocycles. The monoisotopic (exact) mass is 483 g/mol. The van der Waals surface area contributed by atoms with Crippen LogP contribution in [0.15, 0.2) is 41.5 Å². The first-order valence-electron chi connectivity index (χ1n) is 12.5. The second-order valence-corrected chi connectivity index (χ2v) is 10.1. The molecule has 0 atom stereocenters. The molecule has 1 amide bonds. The molecule has 4 aromatic rings. The van der Waals surface area contributed by atoms with E-state index in [1.807, 2.05) is 39.1 Å². The van der Waals surface area contributed by atoms with Crippen LogP contribution >= 0.6 is 0 Å². The van der Waals surface area contributed by atoms with Crippen molar-refractivity contribution in [3.05, 3.63) is 86.2 Å². The van der Waals surface area contributed by atoms with Crippen molar-refractivity contribution in [3.63, 3.8) is 0 Å². The predicted octanol–water partition coefficient (Wildman–Crippen LogP) is 4.47. The number of pyridine rings is 2. The van der Waals surface area contributed by atoms with Gasteiger partial charge in [0.15, 0.2) is 0 Å². The maximum absolute atomic E-state index is 13.6. The summed E-state index contributed by atoms with van der Waals surface area (Å²) >= 11 is 0. The molecule has 0 saturated heterocycles. The lowest BCUT2D eigenvalue weighted by molar-refractivity contribution is 0.0952. The zero-order valence-electron chi connectivity index (χ0n) is 21.6. The van der Waals surface area contributed by atoms with Gasteiger partial charge in [0.2, 0.25) is 0 Å². The normalized spacial score (nSPS) is 13.3. The van der Waals surface area contributed by atoms with Gasteiger partial charge in [-0.15, -0.1) is 0 Å². The molecule has 4 heterocycles. The molecule has 0 aliphatic carbocycles. The van der Waals surface area contributed by atoms with Crippen molar-refractivity contribution in [2.75, 3.05) is 6.54 Å². The van der Waals surface area contributed by atoms with Crippen LogP contribution in [0.1, 0.15) is 63.9 Å². The van der Waals surface area contributed by atoms with Crippen molar-refractivity contribution in [2.24, 2.45) is 0 Å². The number of aryl methyl sites for hydroxylation is 3. The molecule has 0 unspecified atom stereocenters. The highest BCUT2D eigenvalue weighted by Gasteiger charge is 2.20. The number of fused-ring (bicyclic) bond motifs is 2. The Labute approximate surface area is 211 Å². The molecule has 0 saturated carbocycles. The summed E-state index contributed by atoms with van der Waals surface area (Å²) in [6.07, 6.45) is 4.95. The number of carbonyl (C=O) groups is 1. The molecule has 3 N–H and O–H groups in total. The SMILES string of the molecule is Cc1cc(C)c(CNC(=O)c2cc(-c3cnc4c(c3)CNCC4)cc3c2c(C)cn3C(C)C)c(=O)[nH]1. The van der Waals surface area contributed by atoms with Crippen LogP contribution in [-0.2, 0) is 19.5 Å². The zero-order valence-corrected chi connectivity index (χ0v) is 21.6. The molecular weight excluding hydrogens is 450 g/mol. The molecule has 36 heavy (non-hydrogen) atoms. The van der Waals surface area contributed by atoms with Gasteiger partial charge in [0.05, 0.1) is 0 Å². The van der Waals surface area contributed by atoms with Gasteiger partial charge in [-0.3, -0.25) is 14.6 Å². The lowest BCUT2D eigenvalue weighted by atomic mass is 9.96. The van der Waals surface area contributed by atoms with Crippen LogP contribution in [-0.4, -0.2) is 27.0 Å². The number of amides is 1. The Kier molecular flexibility index (Phi) is 6.26. The minimum absolute atomic E-state index is 0.164. The van der Waals surface area contributed by atoms with Crippen molar-refractivity contribution >= 4 is 16.8 Å². The van der Waals surface area contributed by atoms with E-state index in [1.165, 1.54) is 5.56 Å². The van der Waals surface area contributed by atoms with Gasteiger partial charge < -0.3 is 20.2 Å². The highest BCUT2D eigenvalue weighted by molar-refractivity contribution is 6.09. The van der Waals surface area contributed by atoms with Gasteiger partial charge in [-0.25, -0.2) is 0 Å². The summed E-state index contributed by atoms with van der Waals surface area (Å²) in [6, 6.07) is 8.47. The molecule has 0 fully saturated rings. The lowest BCUT2D eigenvalue weighted by Gasteiger charge is -2.18. The second kappa shape index (κ2) is 9.39. The summed E-state index contributed by atoms with van der Waals surface area (Å²) in [4.78, 5) is 33.7. The maximum atomic E-state index is 13.6. The standard InChI is InChI=1S/C29H33N5O2/c1-16(2)34-15-18(4)27-23(28(35)32-14-24-17(3)8-19(5)33-29(24)36)10-20(11-26(27)34)21-9-22-12-30-7-6-25(22)31-13-21/h8-11,13,15-16,30H,6-7,12,14H2,1-5H3,(H,32,35)(H,33,36). The molecule has 7 heteroatoms. The highest BCUT2D eigenvalue weighted by Crippen LogP contribution is 2.33. The van der Waals surface area contributed by atoms with E-state index in [2.05, 4.69) is 52.4 Å². The fourth-order valence-corrected chi connectivity index (χ4v) is 5.23. The average molecular weight is 484 g/mol. The number of aromatic nitrogens is 3. The molecule has 1 aliphatic rings. The third-order valence-corrected chi connectivity index (χ3v) is 7.09. The fraction of sp³-hybridized carbons (Fsp3) is 0.345. The Morgan fingerprint density at radius 2 is 1.92 bits per heavy atom. The van der Waals surface area contributed by atoms with E-state index in [1.54, 1.807) is 0 Å². The van der Waals surface area contributed by atoms with Crippen LogP contribution in [0.4, 0.5) is 0 Å². The summed E-state index contributed by atoms with van der Waals surface area (Å²) in [5.41, 5.74) is 9.05. The minimum atomic E-state index is -0.196. The lowest BCUT2D eigenvalue weighted by Crippen LogP contribution is -2.28. The second-order valence-electron chi connectivity index (χ2n) is 10.1. The third-order valence-electron chi connectivity index (χ3n) is 7.09. The van der Waals surface area contributed by atoms with E-state index in [-0.39, 0.29) is 24.1 Å². The molecule has 186 valence electrons. The Balaban J connectivity index is 1.59. The molecule has 7 nitrogen and oxygen atoms in total. The third kappa shape index (κ3) is 4.35. The van der Waals surface area contributed by atoms with Crippen LogP contribution in [0, 0.1) is 20.8 Å². The van der Waals surface area contributed by atoms with E-state index in [4.69, 9.17) is 4.98 Å². The van der Waals surface area contributed by atoms with Gasteiger partial charge in [-0.2, -0.15) is 0 Å².